The number of aromatic nitrogens is 2. The summed E-state index contributed by atoms with van der Waals surface area (Å²) in [5.41, 5.74) is 8.31. The fourth-order valence-electron chi connectivity index (χ4n) is 2.61. The third-order valence-corrected chi connectivity index (χ3v) is 3.89. The number of nitrogens with zero attached hydrogens (tertiary/aromatic N) is 2. The molecule has 134 valence electrons. The van der Waals surface area contributed by atoms with Crippen LogP contribution in [-0.4, -0.2) is 16.1 Å². The lowest BCUT2D eigenvalue weighted by atomic mass is 10.1. The molecule has 0 aliphatic rings. The standard InChI is InChI=1S/C19H19FN4O2/c1-11-3-8-15(16(20)9-11)18-23-24-19(26-18)17(22-12(2)25)10-13-4-6-14(21)7-5-13/h3-9,17H,10,21H2,1-2H3,(H,22,25)/t17-/m0/s1. The van der Waals surface area contributed by atoms with Crippen LogP contribution in [0.2, 0.25) is 0 Å². The summed E-state index contributed by atoms with van der Waals surface area (Å²) >= 11 is 0. The highest BCUT2D eigenvalue weighted by molar-refractivity contribution is 5.73. The molecule has 0 fully saturated rings. The van der Waals surface area contributed by atoms with E-state index in [0.717, 1.165) is 11.1 Å². The Morgan fingerprint density at radius 1 is 1.23 bits per heavy atom. The predicted octanol–water partition coefficient (Wildman–Crippen LogP) is 3.19. The van der Waals surface area contributed by atoms with Crippen molar-refractivity contribution >= 4 is 11.6 Å². The number of carbonyl (C=O) groups is 1. The maximum absolute atomic E-state index is 14.1. The van der Waals surface area contributed by atoms with Crippen LogP contribution in [0.1, 0.15) is 30.0 Å². The number of amides is 1. The summed E-state index contributed by atoms with van der Waals surface area (Å²) in [7, 11) is 0. The van der Waals surface area contributed by atoms with Crippen molar-refractivity contribution < 1.29 is 13.6 Å². The molecule has 3 aromatic rings. The molecule has 0 aliphatic carbocycles. The minimum atomic E-state index is -0.522. The zero-order valence-electron chi connectivity index (χ0n) is 14.5. The summed E-state index contributed by atoms with van der Waals surface area (Å²) in [5, 5.41) is 10.7. The van der Waals surface area contributed by atoms with E-state index in [1.165, 1.54) is 13.0 Å². The van der Waals surface area contributed by atoms with Gasteiger partial charge in [-0.15, -0.1) is 10.2 Å². The smallest absolute Gasteiger partial charge is 0.250 e. The van der Waals surface area contributed by atoms with Crippen molar-refractivity contribution in [3.05, 3.63) is 65.3 Å². The van der Waals surface area contributed by atoms with Gasteiger partial charge < -0.3 is 15.5 Å². The van der Waals surface area contributed by atoms with Gasteiger partial charge in [0.25, 0.3) is 5.89 Å². The number of hydrogen-bond donors (Lipinski definition) is 2. The molecular weight excluding hydrogens is 335 g/mol. The van der Waals surface area contributed by atoms with Gasteiger partial charge in [-0.25, -0.2) is 4.39 Å². The van der Waals surface area contributed by atoms with Gasteiger partial charge in [-0.2, -0.15) is 0 Å². The van der Waals surface area contributed by atoms with Crippen molar-refractivity contribution in [3.63, 3.8) is 0 Å². The summed E-state index contributed by atoms with van der Waals surface area (Å²) in [5.74, 6) is -0.376. The van der Waals surface area contributed by atoms with Crippen molar-refractivity contribution in [3.8, 4) is 11.5 Å². The molecule has 1 aromatic heterocycles. The van der Waals surface area contributed by atoms with E-state index in [1.54, 1.807) is 31.2 Å². The van der Waals surface area contributed by atoms with Crippen LogP contribution in [0.5, 0.6) is 0 Å². The molecule has 0 saturated carbocycles. The Labute approximate surface area is 150 Å². The number of rotatable bonds is 5. The van der Waals surface area contributed by atoms with E-state index >= 15 is 0 Å². The number of aryl methyl sites for hydroxylation is 1. The average Bonchev–Trinajstić information content (AvgIpc) is 3.05. The molecule has 3 N–H and O–H groups in total. The van der Waals surface area contributed by atoms with Gasteiger partial charge >= 0.3 is 0 Å². The SMILES string of the molecule is CC(=O)N[C@@H](Cc1ccc(N)cc1)c1nnc(-c2ccc(C)cc2F)o1. The number of benzene rings is 2. The number of nitrogens with two attached hydrogens (primary N) is 1. The molecule has 6 nitrogen and oxygen atoms in total. The Morgan fingerprint density at radius 3 is 2.62 bits per heavy atom. The Hall–Kier alpha value is -3.22. The van der Waals surface area contributed by atoms with Gasteiger partial charge in [0.2, 0.25) is 11.8 Å². The molecule has 7 heteroatoms. The number of carbonyl (C=O) groups excluding carboxylic acids is 1. The molecule has 3 rings (SSSR count). The van der Waals surface area contributed by atoms with Gasteiger partial charge in [0, 0.05) is 19.0 Å². The van der Waals surface area contributed by atoms with E-state index in [2.05, 4.69) is 15.5 Å². The lowest BCUT2D eigenvalue weighted by Gasteiger charge is -2.14. The second kappa shape index (κ2) is 7.35. The Morgan fingerprint density at radius 2 is 1.96 bits per heavy atom. The van der Waals surface area contributed by atoms with Crippen molar-refractivity contribution in [2.45, 2.75) is 26.3 Å². The monoisotopic (exact) mass is 354 g/mol. The number of nitrogens with one attached hydrogen (secondary N) is 1. The quantitative estimate of drug-likeness (QED) is 0.686. The van der Waals surface area contributed by atoms with E-state index < -0.39 is 11.9 Å². The molecule has 0 saturated heterocycles. The Balaban J connectivity index is 1.88. The Kier molecular flexibility index (Phi) is 4.97. The van der Waals surface area contributed by atoms with Crippen molar-refractivity contribution in [1.82, 2.24) is 15.5 Å². The first kappa shape index (κ1) is 17.6. The van der Waals surface area contributed by atoms with Crippen molar-refractivity contribution in [2.24, 2.45) is 0 Å². The Bertz CT molecular complexity index is 922. The van der Waals surface area contributed by atoms with E-state index in [1.807, 2.05) is 12.1 Å². The van der Waals surface area contributed by atoms with Gasteiger partial charge in [-0.05, 0) is 42.3 Å². The van der Waals surface area contributed by atoms with E-state index in [9.17, 15) is 9.18 Å². The maximum Gasteiger partial charge on any atom is 0.250 e. The first-order valence-corrected chi connectivity index (χ1v) is 8.14. The predicted molar refractivity (Wildman–Crippen MR) is 95.5 cm³/mol. The third kappa shape index (κ3) is 4.05. The van der Waals surface area contributed by atoms with Gasteiger partial charge in [0.1, 0.15) is 11.9 Å². The van der Waals surface area contributed by atoms with Gasteiger partial charge in [0.15, 0.2) is 0 Å². The van der Waals surface area contributed by atoms with Crippen molar-refractivity contribution in [2.75, 3.05) is 5.73 Å². The largest absolute Gasteiger partial charge is 0.418 e. The van der Waals surface area contributed by atoms with Gasteiger partial charge in [-0.1, -0.05) is 18.2 Å². The molecule has 1 amide bonds. The highest BCUT2D eigenvalue weighted by atomic mass is 19.1. The minimum absolute atomic E-state index is 0.0742. The van der Waals surface area contributed by atoms with Crippen LogP contribution in [0.25, 0.3) is 11.5 Å². The molecule has 0 bridgehead atoms. The molecule has 0 aliphatic heterocycles. The van der Waals surface area contributed by atoms with Crippen LogP contribution in [0, 0.1) is 12.7 Å². The molecular formula is C19H19FN4O2. The van der Waals surface area contributed by atoms with Gasteiger partial charge in [-0.3, -0.25) is 4.79 Å². The molecule has 1 atom stereocenters. The molecule has 1 heterocycles. The zero-order valence-corrected chi connectivity index (χ0v) is 14.5. The highest BCUT2D eigenvalue weighted by Crippen LogP contribution is 2.25. The number of anilines is 1. The number of hydrogen-bond acceptors (Lipinski definition) is 5. The fourth-order valence-corrected chi connectivity index (χ4v) is 2.61. The summed E-state index contributed by atoms with van der Waals surface area (Å²) in [6.07, 6.45) is 0.442. The van der Waals surface area contributed by atoms with E-state index in [4.69, 9.17) is 10.2 Å². The molecule has 0 unspecified atom stereocenters. The first-order chi connectivity index (χ1) is 12.4. The van der Waals surface area contributed by atoms with Crippen LogP contribution in [0.3, 0.4) is 0 Å². The van der Waals surface area contributed by atoms with E-state index in [-0.39, 0.29) is 23.3 Å². The lowest BCUT2D eigenvalue weighted by Crippen LogP contribution is -2.28. The summed E-state index contributed by atoms with van der Waals surface area (Å²) < 4.78 is 19.8. The number of halogens is 1. The molecule has 0 spiro atoms. The van der Waals surface area contributed by atoms with E-state index in [0.29, 0.717) is 12.1 Å². The van der Waals surface area contributed by atoms with Crippen LogP contribution in [-0.2, 0) is 11.2 Å². The van der Waals surface area contributed by atoms with Crippen LogP contribution >= 0.6 is 0 Å². The fraction of sp³-hybridized carbons (Fsp3) is 0.211. The normalized spacial score (nSPS) is 12.0. The average molecular weight is 354 g/mol. The summed E-state index contributed by atoms with van der Waals surface area (Å²) in [6, 6.07) is 11.5. The lowest BCUT2D eigenvalue weighted by molar-refractivity contribution is -0.119. The van der Waals surface area contributed by atoms with Crippen LogP contribution < -0.4 is 11.1 Å². The third-order valence-electron chi connectivity index (χ3n) is 3.89. The second-order valence-electron chi connectivity index (χ2n) is 6.13. The summed E-state index contributed by atoms with van der Waals surface area (Å²) in [6.45, 7) is 3.21. The maximum atomic E-state index is 14.1. The van der Waals surface area contributed by atoms with Gasteiger partial charge in [0.05, 0.1) is 5.56 Å². The van der Waals surface area contributed by atoms with Crippen molar-refractivity contribution in [1.29, 1.82) is 0 Å². The number of nitrogen functional groups attached to an aromatic ring is 1. The molecule has 0 radical (unpaired) electrons. The van der Waals surface area contributed by atoms with Crippen LogP contribution in [0.4, 0.5) is 10.1 Å². The first-order valence-electron chi connectivity index (χ1n) is 8.14. The zero-order chi connectivity index (χ0) is 18.7. The topological polar surface area (TPSA) is 94.0 Å². The second-order valence-corrected chi connectivity index (χ2v) is 6.13. The highest BCUT2D eigenvalue weighted by Gasteiger charge is 2.22. The molecule has 26 heavy (non-hydrogen) atoms. The molecule has 2 aromatic carbocycles. The minimum Gasteiger partial charge on any atom is -0.418 e. The summed E-state index contributed by atoms with van der Waals surface area (Å²) in [4.78, 5) is 11.6. The van der Waals surface area contributed by atoms with Crippen LogP contribution in [0.15, 0.2) is 46.9 Å².